The van der Waals surface area contributed by atoms with Gasteiger partial charge in [-0.3, -0.25) is 0 Å². The minimum absolute atomic E-state index is 0. The maximum atomic E-state index is 6.29. The lowest BCUT2D eigenvalue weighted by Crippen LogP contribution is -2.09. The summed E-state index contributed by atoms with van der Waals surface area (Å²) in [7, 11) is 0. The highest BCUT2D eigenvalue weighted by atomic mass is 16.5. The van der Waals surface area contributed by atoms with Gasteiger partial charge < -0.3 is 29.4 Å². The molecule has 0 amide bonds. The molecule has 0 unspecified atom stereocenters. The molecular formula is C63H66N8O2. The van der Waals surface area contributed by atoms with E-state index in [1.54, 1.807) is 0 Å². The van der Waals surface area contributed by atoms with Gasteiger partial charge in [-0.1, -0.05) is 114 Å². The van der Waals surface area contributed by atoms with Gasteiger partial charge in [0.05, 0.1) is 40.5 Å². The number of nitrogens with one attached hydrogen (secondary N) is 4. The van der Waals surface area contributed by atoms with Crippen molar-refractivity contribution in [1.82, 2.24) is 39.9 Å². The first-order valence-corrected chi connectivity index (χ1v) is 25.9. The first-order valence-electron chi connectivity index (χ1n) is 25.9. The molecule has 1 aliphatic carbocycles. The van der Waals surface area contributed by atoms with Crippen LogP contribution in [0, 0.1) is 0 Å². The molecular weight excluding hydrogens is 901 g/mol. The van der Waals surface area contributed by atoms with Gasteiger partial charge in [0.2, 0.25) is 0 Å². The van der Waals surface area contributed by atoms with Crippen molar-refractivity contribution < 1.29 is 9.47 Å². The zero-order valence-corrected chi connectivity index (χ0v) is 41.8. The number of aromatic amines is 4. The summed E-state index contributed by atoms with van der Waals surface area (Å²) in [4.78, 5) is 32.9. The monoisotopic (exact) mass is 967 g/mol. The Hall–Kier alpha value is -7.98. The predicted molar refractivity (Wildman–Crippen MR) is 299 cm³/mol. The number of hydrogen-bond donors (Lipinski definition) is 4. The zero-order chi connectivity index (χ0) is 49.0. The van der Waals surface area contributed by atoms with Crippen LogP contribution in [0.25, 0.3) is 77.8 Å². The maximum absolute atomic E-state index is 6.29. The van der Waals surface area contributed by atoms with Crippen LogP contribution in [0.1, 0.15) is 106 Å². The number of imidazole rings is 4. The van der Waals surface area contributed by atoms with E-state index in [1.807, 2.05) is 12.4 Å². The van der Waals surface area contributed by atoms with Crippen LogP contribution in [-0.2, 0) is 51.7 Å². The van der Waals surface area contributed by atoms with Crippen molar-refractivity contribution in [3.05, 3.63) is 179 Å². The average Bonchev–Trinajstić information content (AvgIpc) is 4.25. The van der Waals surface area contributed by atoms with Gasteiger partial charge in [0.25, 0.3) is 0 Å². The molecule has 0 saturated heterocycles. The highest BCUT2D eigenvalue weighted by molar-refractivity contribution is 6.07. The van der Waals surface area contributed by atoms with Gasteiger partial charge >= 0.3 is 0 Å². The number of H-pyrrole nitrogens is 4. The smallest absolute Gasteiger partial charge is 0.128 e. The second-order valence-corrected chi connectivity index (χ2v) is 18.9. The van der Waals surface area contributed by atoms with E-state index < -0.39 is 0 Å². The van der Waals surface area contributed by atoms with Crippen LogP contribution in [0.15, 0.2) is 134 Å². The molecule has 12 rings (SSSR count). The molecule has 4 aromatic heterocycles. The summed E-state index contributed by atoms with van der Waals surface area (Å²) in [5.41, 5.74) is 18.5. The summed E-state index contributed by atoms with van der Waals surface area (Å²) in [5.74, 6) is 5.86. The molecule has 2 aliphatic heterocycles. The quantitative estimate of drug-likeness (QED) is 0.0802. The Balaban J connectivity index is 0.000000165. The summed E-state index contributed by atoms with van der Waals surface area (Å²) >= 11 is 0. The van der Waals surface area contributed by atoms with Crippen LogP contribution >= 0.6 is 0 Å². The third kappa shape index (κ3) is 10.1. The molecule has 3 aliphatic rings. The lowest BCUT2D eigenvalue weighted by Gasteiger charge is -2.25. The topological polar surface area (TPSA) is 133 Å². The van der Waals surface area contributed by atoms with Gasteiger partial charge in [-0.05, 0) is 125 Å². The molecule has 5 aromatic carbocycles. The zero-order valence-electron chi connectivity index (χ0n) is 41.8. The SMILES string of the molecule is C.CCC=CCc1ncc(-c2ccc3c(c2)COc2cc4c(cc2-3)CCc2[nH]c(CC=CCC)nc2-4)[nH]1.CCC=CCc1ncc(-c2ccc3c(c2)COc2cc4c(ccc5[nH]c(CC=CCC)nc54)cc2-3)[nH]1. The van der Waals surface area contributed by atoms with E-state index in [0.717, 1.165) is 149 Å². The molecule has 0 spiro atoms. The number of nitrogens with zero attached hydrogens (tertiary/aromatic N) is 4. The van der Waals surface area contributed by atoms with Gasteiger partial charge in [-0.15, -0.1) is 0 Å². The van der Waals surface area contributed by atoms with E-state index in [-0.39, 0.29) is 7.43 Å². The lowest BCUT2D eigenvalue weighted by atomic mass is 9.86. The Morgan fingerprint density at radius 1 is 0.479 bits per heavy atom. The minimum Gasteiger partial charge on any atom is -0.488 e. The summed E-state index contributed by atoms with van der Waals surface area (Å²) < 4.78 is 12.6. The number of ether oxygens (including phenoxy) is 2. The molecule has 0 saturated carbocycles. The number of allylic oxidation sites excluding steroid dienone is 8. The molecule has 4 N–H and O–H groups in total. The van der Waals surface area contributed by atoms with Gasteiger partial charge in [0.15, 0.2) is 0 Å². The number of fused-ring (bicyclic) bond motifs is 12. The van der Waals surface area contributed by atoms with Gasteiger partial charge in [0.1, 0.15) is 48.0 Å². The van der Waals surface area contributed by atoms with Gasteiger partial charge in [-0.2, -0.15) is 0 Å². The number of aryl methyl sites for hydroxylation is 2. The predicted octanol–water partition coefficient (Wildman–Crippen LogP) is 15.5. The van der Waals surface area contributed by atoms with Crippen LogP contribution in [0.3, 0.4) is 0 Å². The molecule has 0 fully saturated rings. The third-order valence-electron chi connectivity index (χ3n) is 13.8. The van der Waals surface area contributed by atoms with E-state index in [9.17, 15) is 0 Å². The number of hydrogen-bond acceptors (Lipinski definition) is 6. The van der Waals surface area contributed by atoms with E-state index in [0.29, 0.717) is 13.2 Å². The van der Waals surface area contributed by atoms with Crippen LogP contribution in [-0.4, -0.2) is 39.9 Å². The summed E-state index contributed by atoms with van der Waals surface area (Å²) in [6, 6.07) is 26.5. The molecule has 73 heavy (non-hydrogen) atoms. The second-order valence-electron chi connectivity index (χ2n) is 18.9. The number of benzene rings is 5. The molecule has 10 heteroatoms. The summed E-state index contributed by atoms with van der Waals surface area (Å²) in [6.07, 6.45) is 30.7. The van der Waals surface area contributed by atoms with E-state index in [4.69, 9.17) is 19.4 Å². The van der Waals surface area contributed by atoms with Gasteiger partial charge in [-0.25, -0.2) is 19.9 Å². The van der Waals surface area contributed by atoms with Crippen molar-refractivity contribution in [2.24, 2.45) is 0 Å². The molecule has 0 atom stereocenters. The van der Waals surface area contributed by atoms with E-state index in [1.165, 1.54) is 50.0 Å². The second kappa shape index (κ2) is 21.8. The maximum Gasteiger partial charge on any atom is 0.128 e. The molecule has 0 radical (unpaired) electrons. The van der Waals surface area contributed by atoms with Crippen LogP contribution in [0.2, 0.25) is 0 Å². The Morgan fingerprint density at radius 3 is 1.62 bits per heavy atom. The lowest BCUT2D eigenvalue weighted by molar-refractivity contribution is 0.302. The highest BCUT2D eigenvalue weighted by Gasteiger charge is 2.26. The molecule has 0 bridgehead atoms. The third-order valence-corrected chi connectivity index (χ3v) is 13.8. The Labute approximate surface area is 428 Å². The Bertz CT molecular complexity index is 3560. The number of aromatic nitrogens is 8. The van der Waals surface area contributed by atoms with Crippen molar-refractivity contribution in [3.63, 3.8) is 0 Å². The molecule has 10 nitrogen and oxygen atoms in total. The molecule has 370 valence electrons. The largest absolute Gasteiger partial charge is 0.488 e. The summed E-state index contributed by atoms with van der Waals surface area (Å²) in [5, 5.41) is 2.29. The first-order chi connectivity index (χ1) is 35.5. The normalized spacial score (nSPS) is 13.3. The molecule has 6 heterocycles. The minimum atomic E-state index is 0. The van der Waals surface area contributed by atoms with Gasteiger partial charge in [0, 0.05) is 53.5 Å². The van der Waals surface area contributed by atoms with Crippen molar-refractivity contribution in [2.75, 3.05) is 0 Å². The number of rotatable bonds is 14. The summed E-state index contributed by atoms with van der Waals surface area (Å²) in [6.45, 7) is 9.70. The standard InChI is InChI=1S/C31H32N4O.C31H30N4O.CH4/c2*1-3-5-7-9-29-32-18-27(34-29)21-11-13-23-22(15-21)19-36-28-17-24-20(16-25(23)28)12-14-26-31(24)35-30(33-26)10-8-6-4-2;/h5-8,11,13,15-18H,3-4,9-10,12,14,19H2,1-2H3,(H,32,34)(H,33,35);5-8,11-18H,3-4,9-10,19H2,1-2H3,(H,32,34)(H,33,35);1H4. The average molecular weight is 967 g/mol. The Kier molecular flexibility index (Phi) is 14.5. The van der Waals surface area contributed by atoms with E-state index in [2.05, 4.69) is 179 Å². The fourth-order valence-electron chi connectivity index (χ4n) is 10.2. The Morgan fingerprint density at radius 2 is 1.03 bits per heavy atom. The van der Waals surface area contributed by atoms with E-state index >= 15 is 0 Å². The van der Waals surface area contributed by atoms with Crippen molar-refractivity contribution in [3.8, 4) is 67.5 Å². The first kappa shape index (κ1) is 48.6. The van der Waals surface area contributed by atoms with Crippen molar-refractivity contribution >= 4 is 21.8 Å². The fourth-order valence-corrected chi connectivity index (χ4v) is 10.2. The highest BCUT2D eigenvalue weighted by Crippen LogP contribution is 2.45. The van der Waals surface area contributed by atoms with Crippen molar-refractivity contribution in [1.29, 1.82) is 0 Å². The van der Waals surface area contributed by atoms with Crippen molar-refractivity contribution in [2.45, 2.75) is 113 Å². The molecule has 9 aromatic rings. The van der Waals surface area contributed by atoms with Crippen LogP contribution in [0.4, 0.5) is 0 Å². The fraction of sp³-hybridized carbons (Fsp3) is 0.270. The van der Waals surface area contributed by atoms with Crippen LogP contribution < -0.4 is 9.47 Å². The van der Waals surface area contributed by atoms with Crippen LogP contribution in [0.5, 0.6) is 11.5 Å².